The molecule has 3 rings (SSSR count). The van der Waals surface area contributed by atoms with Gasteiger partial charge in [0.05, 0.1) is 16.6 Å². The fourth-order valence-electron chi connectivity index (χ4n) is 2.50. The highest BCUT2D eigenvalue weighted by atomic mass is 32.1. The van der Waals surface area contributed by atoms with Crippen molar-refractivity contribution in [3.63, 3.8) is 0 Å². The van der Waals surface area contributed by atoms with Crippen LogP contribution in [0.2, 0.25) is 0 Å². The number of benzene rings is 1. The maximum atomic E-state index is 13.7. The summed E-state index contributed by atoms with van der Waals surface area (Å²) >= 11 is 1.38. The number of hydrogen-bond donors (Lipinski definition) is 0. The first kappa shape index (κ1) is 15.4. The van der Waals surface area contributed by atoms with Crippen LogP contribution in [0.15, 0.2) is 66.2 Å². The van der Waals surface area contributed by atoms with Crippen LogP contribution < -0.4 is 0 Å². The van der Waals surface area contributed by atoms with E-state index in [1.807, 2.05) is 29.6 Å². The van der Waals surface area contributed by atoms with Gasteiger partial charge in [-0.2, -0.15) is 0 Å². The third-order valence-electron chi connectivity index (χ3n) is 3.57. The summed E-state index contributed by atoms with van der Waals surface area (Å²) < 4.78 is 13.7. The first-order valence-electron chi connectivity index (χ1n) is 7.14. The fraction of sp³-hybridized carbons (Fsp3) is 0.111. The molecule has 1 aromatic carbocycles. The zero-order chi connectivity index (χ0) is 16.2. The molecule has 116 valence electrons. The highest BCUT2D eigenvalue weighted by Crippen LogP contribution is 2.28. The minimum Gasteiger partial charge on any atom is -0.328 e. The number of amides is 1. The van der Waals surface area contributed by atoms with E-state index >= 15 is 0 Å². The lowest BCUT2D eigenvalue weighted by atomic mass is 10.0. The summed E-state index contributed by atoms with van der Waals surface area (Å²) in [7, 11) is 1.71. The van der Waals surface area contributed by atoms with Gasteiger partial charge in [-0.15, -0.1) is 11.3 Å². The third-order valence-corrected chi connectivity index (χ3v) is 4.43. The molecule has 0 saturated heterocycles. The number of hydrogen-bond acceptors (Lipinski definition) is 3. The van der Waals surface area contributed by atoms with Gasteiger partial charge < -0.3 is 4.90 Å². The monoisotopic (exact) mass is 326 g/mol. The Hall–Kier alpha value is -2.53. The van der Waals surface area contributed by atoms with Gasteiger partial charge in [-0.3, -0.25) is 9.78 Å². The minimum atomic E-state index is -0.443. The summed E-state index contributed by atoms with van der Waals surface area (Å²) in [6.45, 7) is 0. The maximum Gasteiger partial charge on any atom is 0.264 e. The zero-order valence-electron chi connectivity index (χ0n) is 12.5. The number of rotatable bonds is 4. The molecule has 2 heterocycles. The molecule has 3 nitrogen and oxygen atoms in total. The van der Waals surface area contributed by atoms with Crippen molar-refractivity contribution < 1.29 is 9.18 Å². The lowest BCUT2D eigenvalue weighted by molar-refractivity contribution is 0.0757. The molecule has 0 aliphatic rings. The molecule has 2 aromatic heterocycles. The van der Waals surface area contributed by atoms with Gasteiger partial charge in [0.2, 0.25) is 0 Å². The minimum absolute atomic E-state index is 0.111. The van der Waals surface area contributed by atoms with Crippen molar-refractivity contribution in [3.05, 3.63) is 88.1 Å². The molecule has 0 radical (unpaired) electrons. The van der Waals surface area contributed by atoms with Gasteiger partial charge in [-0.25, -0.2) is 4.39 Å². The average molecular weight is 326 g/mol. The van der Waals surface area contributed by atoms with Gasteiger partial charge >= 0.3 is 0 Å². The molecule has 1 atom stereocenters. The molecule has 1 amide bonds. The molecule has 23 heavy (non-hydrogen) atoms. The van der Waals surface area contributed by atoms with E-state index in [9.17, 15) is 9.18 Å². The Morgan fingerprint density at radius 1 is 1.17 bits per heavy atom. The Morgan fingerprint density at radius 2 is 2.04 bits per heavy atom. The molecular formula is C18H15FN2OS. The maximum absolute atomic E-state index is 13.7. The van der Waals surface area contributed by atoms with Crippen LogP contribution >= 0.6 is 11.3 Å². The van der Waals surface area contributed by atoms with Crippen LogP contribution in [-0.2, 0) is 0 Å². The summed E-state index contributed by atoms with van der Waals surface area (Å²) in [4.78, 5) is 19.3. The zero-order valence-corrected chi connectivity index (χ0v) is 13.3. The lowest BCUT2D eigenvalue weighted by Crippen LogP contribution is -2.32. The van der Waals surface area contributed by atoms with Crippen molar-refractivity contribution >= 4 is 17.2 Å². The second-order valence-electron chi connectivity index (χ2n) is 5.11. The van der Waals surface area contributed by atoms with E-state index < -0.39 is 6.04 Å². The van der Waals surface area contributed by atoms with E-state index in [4.69, 9.17) is 0 Å². The van der Waals surface area contributed by atoms with Crippen LogP contribution in [0.5, 0.6) is 0 Å². The molecule has 0 bridgehead atoms. The first-order valence-corrected chi connectivity index (χ1v) is 8.02. The second-order valence-corrected chi connectivity index (χ2v) is 6.05. The molecule has 0 aliphatic heterocycles. The quantitative estimate of drug-likeness (QED) is 0.722. The van der Waals surface area contributed by atoms with Crippen LogP contribution in [0.3, 0.4) is 0 Å². The molecule has 0 aliphatic carbocycles. The number of aromatic nitrogens is 1. The van der Waals surface area contributed by atoms with Gasteiger partial charge in [0.15, 0.2) is 0 Å². The van der Waals surface area contributed by atoms with E-state index in [0.717, 1.165) is 0 Å². The van der Waals surface area contributed by atoms with Crippen molar-refractivity contribution in [1.29, 1.82) is 0 Å². The van der Waals surface area contributed by atoms with Gasteiger partial charge in [0.1, 0.15) is 5.82 Å². The Kier molecular flexibility index (Phi) is 4.48. The highest BCUT2D eigenvalue weighted by Gasteiger charge is 2.26. The summed E-state index contributed by atoms with van der Waals surface area (Å²) in [6.07, 6.45) is 1.67. The largest absolute Gasteiger partial charge is 0.328 e. The molecule has 0 spiro atoms. The summed E-state index contributed by atoms with van der Waals surface area (Å²) in [5.41, 5.74) is 1.39. The SMILES string of the molecule is CN(C(=O)c1cccs1)[C@@H](c1cccc(F)c1)c1ccccn1. The molecule has 0 fully saturated rings. The number of nitrogens with zero attached hydrogens (tertiary/aromatic N) is 2. The summed E-state index contributed by atoms with van der Waals surface area (Å²) in [6, 6.07) is 15.0. The number of pyridine rings is 1. The molecular weight excluding hydrogens is 311 g/mol. The molecule has 5 heteroatoms. The smallest absolute Gasteiger partial charge is 0.264 e. The number of halogens is 1. The van der Waals surface area contributed by atoms with E-state index in [1.165, 1.54) is 23.5 Å². The Morgan fingerprint density at radius 3 is 2.70 bits per heavy atom. The normalized spacial score (nSPS) is 11.9. The number of carbonyl (C=O) groups is 1. The standard InChI is InChI=1S/C18H15FN2OS/c1-21(18(22)16-9-5-11-23-16)17(15-8-2-3-10-20-15)13-6-4-7-14(19)12-13/h2-12,17H,1H3/t17-/m0/s1. The second kappa shape index (κ2) is 6.71. The summed E-state index contributed by atoms with van der Waals surface area (Å²) in [5, 5.41) is 1.86. The van der Waals surface area contributed by atoms with Gasteiger partial charge in [0.25, 0.3) is 5.91 Å². The van der Waals surface area contributed by atoms with Crippen molar-refractivity contribution in [3.8, 4) is 0 Å². The predicted octanol–water partition coefficient (Wildman–Crippen LogP) is 4.14. The van der Waals surface area contributed by atoms with Crippen molar-refractivity contribution in [1.82, 2.24) is 9.88 Å². The fourth-order valence-corrected chi connectivity index (χ4v) is 3.20. The Labute approximate surface area is 138 Å². The molecule has 3 aromatic rings. The van der Waals surface area contributed by atoms with Crippen LogP contribution in [0, 0.1) is 5.82 Å². The van der Waals surface area contributed by atoms with Crippen molar-refractivity contribution in [2.75, 3.05) is 7.05 Å². The summed E-state index contributed by atoms with van der Waals surface area (Å²) in [5.74, 6) is -0.444. The van der Waals surface area contributed by atoms with E-state index in [0.29, 0.717) is 16.1 Å². The molecule has 0 N–H and O–H groups in total. The van der Waals surface area contributed by atoms with E-state index in [2.05, 4.69) is 4.98 Å². The lowest BCUT2D eigenvalue weighted by Gasteiger charge is -2.28. The van der Waals surface area contributed by atoms with Crippen LogP contribution in [0.4, 0.5) is 4.39 Å². The van der Waals surface area contributed by atoms with Gasteiger partial charge in [-0.05, 0) is 41.3 Å². The third kappa shape index (κ3) is 3.29. The first-order chi connectivity index (χ1) is 11.2. The van der Waals surface area contributed by atoms with Crippen LogP contribution in [0.25, 0.3) is 0 Å². The highest BCUT2D eigenvalue weighted by molar-refractivity contribution is 7.12. The molecule has 0 saturated carbocycles. The average Bonchev–Trinajstić information content (AvgIpc) is 3.10. The number of thiophene rings is 1. The van der Waals surface area contributed by atoms with Crippen LogP contribution in [0.1, 0.15) is 27.0 Å². The van der Waals surface area contributed by atoms with E-state index in [-0.39, 0.29) is 11.7 Å². The van der Waals surface area contributed by atoms with Gasteiger partial charge in [-0.1, -0.05) is 24.3 Å². The predicted molar refractivity (Wildman–Crippen MR) is 88.9 cm³/mol. The topological polar surface area (TPSA) is 33.2 Å². The Bertz CT molecular complexity index is 790. The van der Waals surface area contributed by atoms with Crippen molar-refractivity contribution in [2.45, 2.75) is 6.04 Å². The van der Waals surface area contributed by atoms with Crippen molar-refractivity contribution in [2.24, 2.45) is 0 Å². The number of carbonyl (C=O) groups excluding carboxylic acids is 1. The van der Waals surface area contributed by atoms with Gasteiger partial charge in [0, 0.05) is 13.2 Å². The molecule has 0 unspecified atom stereocenters. The Balaban J connectivity index is 2.03. The van der Waals surface area contributed by atoms with E-state index in [1.54, 1.807) is 36.3 Å². The van der Waals surface area contributed by atoms with Crippen LogP contribution in [-0.4, -0.2) is 22.8 Å².